The molecule has 0 saturated heterocycles. The molecule has 0 saturated carbocycles. The molecule has 0 unspecified atom stereocenters. The molecule has 13 heavy (non-hydrogen) atoms. The van der Waals surface area contributed by atoms with Gasteiger partial charge in [-0.2, -0.15) is 0 Å². The molecule has 0 aromatic carbocycles. The van der Waals surface area contributed by atoms with E-state index in [0.29, 0.717) is 0 Å². The van der Waals surface area contributed by atoms with Gasteiger partial charge in [0.15, 0.2) is 0 Å². The molecular formula is C9H13N3O. The van der Waals surface area contributed by atoms with Gasteiger partial charge in [0.05, 0.1) is 12.6 Å². The Labute approximate surface area is 77.2 Å². The number of hydrogen-bond donors (Lipinski definition) is 2. The lowest BCUT2D eigenvalue weighted by atomic mass is 10.1. The van der Waals surface area contributed by atoms with Crippen LogP contribution in [0.2, 0.25) is 0 Å². The second-order valence-electron chi connectivity index (χ2n) is 2.78. The van der Waals surface area contributed by atoms with Crippen LogP contribution < -0.4 is 11.1 Å². The maximum absolute atomic E-state index is 10.9. The van der Waals surface area contributed by atoms with E-state index in [1.165, 1.54) is 0 Å². The lowest BCUT2D eigenvalue weighted by Gasteiger charge is -2.12. The minimum Gasteiger partial charge on any atom is -0.348 e. The summed E-state index contributed by atoms with van der Waals surface area (Å²) in [6, 6.07) is 3.71. The van der Waals surface area contributed by atoms with E-state index in [-0.39, 0.29) is 18.5 Å². The number of carbonyl (C=O) groups is 1. The van der Waals surface area contributed by atoms with Gasteiger partial charge in [-0.15, -0.1) is 0 Å². The van der Waals surface area contributed by atoms with Crippen molar-refractivity contribution < 1.29 is 4.79 Å². The maximum Gasteiger partial charge on any atom is 0.234 e. The second kappa shape index (κ2) is 4.57. The van der Waals surface area contributed by atoms with Gasteiger partial charge in [0.1, 0.15) is 0 Å². The van der Waals surface area contributed by atoms with Crippen LogP contribution in [0.5, 0.6) is 0 Å². The number of amides is 1. The van der Waals surface area contributed by atoms with E-state index >= 15 is 0 Å². The van der Waals surface area contributed by atoms with Crippen LogP contribution in [0.25, 0.3) is 0 Å². The van der Waals surface area contributed by atoms with E-state index in [1.807, 2.05) is 19.1 Å². The molecule has 1 atom stereocenters. The van der Waals surface area contributed by atoms with Crippen molar-refractivity contribution in [3.05, 3.63) is 30.1 Å². The van der Waals surface area contributed by atoms with Crippen molar-refractivity contribution in [2.75, 3.05) is 6.54 Å². The molecule has 3 N–H and O–H groups in total. The standard InChI is InChI=1S/C9H13N3O/c1-7(12-9(13)5-10)8-3-2-4-11-6-8/h2-4,6-7H,5,10H2,1H3,(H,12,13)/t7-/m1/s1. The summed E-state index contributed by atoms with van der Waals surface area (Å²) < 4.78 is 0. The highest BCUT2D eigenvalue weighted by molar-refractivity contribution is 5.78. The third kappa shape index (κ3) is 2.83. The van der Waals surface area contributed by atoms with Gasteiger partial charge in [-0.05, 0) is 18.6 Å². The van der Waals surface area contributed by atoms with Gasteiger partial charge in [-0.3, -0.25) is 9.78 Å². The molecule has 1 rings (SSSR count). The van der Waals surface area contributed by atoms with Gasteiger partial charge in [-0.1, -0.05) is 6.07 Å². The molecule has 0 fully saturated rings. The smallest absolute Gasteiger partial charge is 0.234 e. The molecule has 1 amide bonds. The highest BCUT2D eigenvalue weighted by atomic mass is 16.1. The fourth-order valence-corrected chi connectivity index (χ4v) is 1.02. The summed E-state index contributed by atoms with van der Waals surface area (Å²) in [6.07, 6.45) is 3.42. The minimum atomic E-state index is -0.156. The van der Waals surface area contributed by atoms with Crippen LogP contribution in [0.4, 0.5) is 0 Å². The topological polar surface area (TPSA) is 68.0 Å². The summed E-state index contributed by atoms with van der Waals surface area (Å²) in [5.41, 5.74) is 6.15. The van der Waals surface area contributed by atoms with Crippen molar-refractivity contribution >= 4 is 5.91 Å². The first kappa shape index (κ1) is 9.67. The summed E-state index contributed by atoms with van der Waals surface area (Å²) in [5.74, 6) is -0.156. The number of aromatic nitrogens is 1. The average Bonchev–Trinajstić information content (AvgIpc) is 2.19. The van der Waals surface area contributed by atoms with Crippen molar-refractivity contribution in [2.45, 2.75) is 13.0 Å². The van der Waals surface area contributed by atoms with E-state index in [9.17, 15) is 4.79 Å². The fourth-order valence-electron chi connectivity index (χ4n) is 1.02. The Balaban J connectivity index is 2.59. The highest BCUT2D eigenvalue weighted by Crippen LogP contribution is 2.08. The Kier molecular flexibility index (Phi) is 3.40. The van der Waals surface area contributed by atoms with Gasteiger partial charge in [0.2, 0.25) is 5.91 Å². The van der Waals surface area contributed by atoms with Crippen LogP contribution in [0.15, 0.2) is 24.5 Å². The van der Waals surface area contributed by atoms with Crippen molar-refractivity contribution in [3.63, 3.8) is 0 Å². The van der Waals surface area contributed by atoms with Crippen LogP contribution in [0, 0.1) is 0 Å². The molecule has 0 radical (unpaired) electrons. The number of pyridine rings is 1. The molecule has 4 nitrogen and oxygen atoms in total. The van der Waals surface area contributed by atoms with Crippen molar-refractivity contribution in [3.8, 4) is 0 Å². The number of hydrogen-bond acceptors (Lipinski definition) is 3. The van der Waals surface area contributed by atoms with Gasteiger partial charge < -0.3 is 11.1 Å². The zero-order valence-electron chi connectivity index (χ0n) is 7.53. The molecule has 0 bridgehead atoms. The number of nitrogens with two attached hydrogens (primary N) is 1. The average molecular weight is 179 g/mol. The molecule has 0 aliphatic rings. The Bertz CT molecular complexity index is 273. The maximum atomic E-state index is 10.9. The van der Waals surface area contributed by atoms with Crippen LogP contribution in [-0.4, -0.2) is 17.4 Å². The van der Waals surface area contributed by atoms with Crippen LogP contribution in [-0.2, 0) is 4.79 Å². The molecule has 1 heterocycles. The Morgan fingerprint density at radius 2 is 2.54 bits per heavy atom. The minimum absolute atomic E-state index is 0.0185. The lowest BCUT2D eigenvalue weighted by molar-refractivity contribution is -0.120. The molecule has 70 valence electrons. The molecule has 0 aliphatic heterocycles. The van der Waals surface area contributed by atoms with E-state index in [2.05, 4.69) is 10.3 Å². The van der Waals surface area contributed by atoms with Crippen molar-refractivity contribution in [1.29, 1.82) is 0 Å². The Hall–Kier alpha value is -1.42. The first-order valence-corrected chi connectivity index (χ1v) is 4.13. The number of nitrogens with one attached hydrogen (secondary N) is 1. The number of rotatable bonds is 3. The van der Waals surface area contributed by atoms with Gasteiger partial charge in [0.25, 0.3) is 0 Å². The van der Waals surface area contributed by atoms with Crippen molar-refractivity contribution in [1.82, 2.24) is 10.3 Å². The van der Waals surface area contributed by atoms with Crippen LogP contribution in [0.3, 0.4) is 0 Å². The van der Waals surface area contributed by atoms with Gasteiger partial charge >= 0.3 is 0 Å². The molecule has 0 spiro atoms. The summed E-state index contributed by atoms with van der Waals surface area (Å²) in [5, 5.41) is 2.74. The molecule has 1 aromatic rings. The molecule has 0 aliphatic carbocycles. The highest BCUT2D eigenvalue weighted by Gasteiger charge is 2.06. The largest absolute Gasteiger partial charge is 0.348 e. The predicted molar refractivity (Wildman–Crippen MR) is 49.8 cm³/mol. The lowest BCUT2D eigenvalue weighted by Crippen LogP contribution is -2.32. The van der Waals surface area contributed by atoms with E-state index in [1.54, 1.807) is 12.4 Å². The quantitative estimate of drug-likeness (QED) is 0.697. The zero-order valence-corrected chi connectivity index (χ0v) is 7.53. The van der Waals surface area contributed by atoms with E-state index in [0.717, 1.165) is 5.56 Å². The summed E-state index contributed by atoms with van der Waals surface area (Å²) >= 11 is 0. The van der Waals surface area contributed by atoms with Crippen LogP contribution in [0.1, 0.15) is 18.5 Å². The monoisotopic (exact) mass is 179 g/mol. The first-order valence-electron chi connectivity index (χ1n) is 4.13. The summed E-state index contributed by atoms with van der Waals surface area (Å²) in [4.78, 5) is 14.9. The second-order valence-corrected chi connectivity index (χ2v) is 2.78. The predicted octanol–water partition coefficient (Wildman–Crippen LogP) is 0.217. The third-order valence-corrected chi connectivity index (χ3v) is 1.75. The summed E-state index contributed by atoms with van der Waals surface area (Å²) in [6.45, 7) is 1.91. The van der Waals surface area contributed by atoms with Crippen molar-refractivity contribution in [2.24, 2.45) is 5.73 Å². The summed E-state index contributed by atoms with van der Waals surface area (Å²) in [7, 11) is 0. The fraction of sp³-hybridized carbons (Fsp3) is 0.333. The molecule has 1 aromatic heterocycles. The van der Waals surface area contributed by atoms with Gasteiger partial charge in [-0.25, -0.2) is 0 Å². The number of carbonyl (C=O) groups excluding carboxylic acids is 1. The van der Waals surface area contributed by atoms with E-state index < -0.39 is 0 Å². The molecular weight excluding hydrogens is 166 g/mol. The SMILES string of the molecule is C[C@@H](NC(=O)CN)c1cccnc1. The van der Waals surface area contributed by atoms with Crippen LogP contribution >= 0.6 is 0 Å². The molecule has 4 heteroatoms. The van der Waals surface area contributed by atoms with Gasteiger partial charge in [0, 0.05) is 12.4 Å². The van der Waals surface area contributed by atoms with E-state index in [4.69, 9.17) is 5.73 Å². The Morgan fingerprint density at radius 1 is 1.77 bits per heavy atom. The number of nitrogens with zero attached hydrogens (tertiary/aromatic N) is 1. The first-order chi connectivity index (χ1) is 6.24. The third-order valence-electron chi connectivity index (χ3n) is 1.75. The zero-order chi connectivity index (χ0) is 9.68. The normalized spacial score (nSPS) is 12.2. The Morgan fingerprint density at radius 3 is 3.08 bits per heavy atom.